The minimum atomic E-state index is -0.195. The summed E-state index contributed by atoms with van der Waals surface area (Å²) in [6, 6.07) is 23.6. The zero-order chi connectivity index (χ0) is 24.2. The van der Waals surface area contributed by atoms with Crippen LogP contribution in [0.4, 0.5) is 0 Å². The summed E-state index contributed by atoms with van der Waals surface area (Å²) in [6.45, 7) is 0.362. The molecule has 0 fully saturated rings. The number of hydrogen-bond donors (Lipinski definition) is 2. The van der Waals surface area contributed by atoms with E-state index in [-0.39, 0.29) is 11.8 Å². The zero-order valence-corrected chi connectivity index (χ0v) is 19.6. The maximum Gasteiger partial charge on any atom is 0.254 e. The number of para-hydroxylation sites is 3. The highest BCUT2D eigenvalue weighted by Gasteiger charge is 2.24. The quantitative estimate of drug-likeness (QED) is 0.340. The van der Waals surface area contributed by atoms with E-state index in [1.165, 1.54) is 0 Å². The second kappa shape index (κ2) is 9.77. The Bertz CT molecular complexity index is 1460. The fraction of sp³-hybridized carbons (Fsp3) is 0.143. The first kappa shape index (κ1) is 22.3. The molecule has 7 nitrogen and oxygen atoms in total. The molecule has 5 aromatic rings. The summed E-state index contributed by atoms with van der Waals surface area (Å²) in [5.41, 5.74) is 4.41. The van der Waals surface area contributed by atoms with Gasteiger partial charge in [-0.15, -0.1) is 0 Å². The van der Waals surface area contributed by atoms with Gasteiger partial charge in [0.15, 0.2) is 11.5 Å². The number of rotatable bonds is 8. The van der Waals surface area contributed by atoms with Gasteiger partial charge in [0.2, 0.25) is 0 Å². The third-order valence-corrected chi connectivity index (χ3v) is 6.14. The lowest BCUT2D eigenvalue weighted by molar-refractivity contribution is 0.0952. The van der Waals surface area contributed by atoms with Crippen molar-refractivity contribution in [2.45, 2.75) is 5.92 Å². The topological polar surface area (TPSA) is 81.2 Å². The highest BCUT2D eigenvalue weighted by atomic mass is 16.5. The van der Waals surface area contributed by atoms with Crippen LogP contribution < -0.4 is 14.8 Å². The molecule has 176 valence electrons. The minimum Gasteiger partial charge on any atom is -0.493 e. The molecule has 0 aliphatic carbocycles. The van der Waals surface area contributed by atoms with E-state index in [9.17, 15) is 4.79 Å². The average molecular weight is 467 g/mol. The van der Waals surface area contributed by atoms with Gasteiger partial charge < -0.3 is 19.8 Å². The summed E-state index contributed by atoms with van der Waals surface area (Å²) in [6.07, 6.45) is 5.31. The first-order chi connectivity index (χ1) is 17.2. The van der Waals surface area contributed by atoms with Crippen molar-refractivity contribution in [3.05, 3.63) is 108 Å². The number of fused-ring (bicyclic) bond motifs is 1. The maximum absolute atomic E-state index is 13.1. The average Bonchev–Trinajstić information content (AvgIpc) is 3.57. The van der Waals surface area contributed by atoms with E-state index in [4.69, 9.17) is 9.47 Å². The summed E-state index contributed by atoms with van der Waals surface area (Å²) in [4.78, 5) is 16.5. The van der Waals surface area contributed by atoms with Gasteiger partial charge in [-0.1, -0.05) is 48.5 Å². The first-order valence-electron chi connectivity index (χ1n) is 11.3. The molecule has 5 rings (SSSR count). The van der Waals surface area contributed by atoms with E-state index in [0.29, 0.717) is 23.6 Å². The molecule has 35 heavy (non-hydrogen) atoms. The summed E-state index contributed by atoms with van der Waals surface area (Å²) >= 11 is 0. The predicted octanol–water partition coefficient (Wildman–Crippen LogP) is 4.93. The lowest BCUT2D eigenvalue weighted by Crippen LogP contribution is -2.29. The molecule has 0 aliphatic heterocycles. The van der Waals surface area contributed by atoms with Gasteiger partial charge >= 0.3 is 0 Å². The van der Waals surface area contributed by atoms with Crippen molar-refractivity contribution in [2.75, 3.05) is 20.8 Å². The number of benzene rings is 3. The molecule has 0 bridgehead atoms. The van der Waals surface area contributed by atoms with Crippen molar-refractivity contribution in [2.24, 2.45) is 0 Å². The molecule has 0 saturated carbocycles. The van der Waals surface area contributed by atoms with E-state index < -0.39 is 0 Å². The van der Waals surface area contributed by atoms with E-state index in [1.807, 2.05) is 72.9 Å². The molecule has 1 unspecified atom stereocenters. The molecule has 0 radical (unpaired) electrons. The van der Waals surface area contributed by atoms with Crippen LogP contribution in [-0.2, 0) is 0 Å². The fourth-order valence-corrected chi connectivity index (χ4v) is 4.41. The fourth-order valence-electron chi connectivity index (χ4n) is 4.41. The molecule has 2 N–H and O–H groups in total. The van der Waals surface area contributed by atoms with Gasteiger partial charge in [0.1, 0.15) is 0 Å². The molecule has 0 aliphatic rings. The third kappa shape index (κ3) is 4.36. The van der Waals surface area contributed by atoms with E-state index in [1.54, 1.807) is 31.3 Å². The molecule has 1 amide bonds. The number of ether oxygens (including phenoxy) is 2. The Hall–Kier alpha value is -4.52. The van der Waals surface area contributed by atoms with Crippen LogP contribution in [0, 0.1) is 0 Å². The van der Waals surface area contributed by atoms with E-state index >= 15 is 0 Å². The van der Waals surface area contributed by atoms with Crippen molar-refractivity contribution in [3.63, 3.8) is 0 Å². The molecule has 3 aromatic carbocycles. The predicted molar refractivity (Wildman–Crippen MR) is 136 cm³/mol. The van der Waals surface area contributed by atoms with E-state index in [2.05, 4.69) is 21.5 Å². The number of H-pyrrole nitrogens is 1. The van der Waals surface area contributed by atoms with Gasteiger partial charge in [-0.25, -0.2) is 4.68 Å². The standard InChI is InChI=1S/C28H26N4O3/c1-34-26-14-8-12-22(27(26)35-2)24(23-16-29-25-13-7-6-11-21(23)25)17-30-28(33)19-15-31-32(18-19)20-9-4-3-5-10-20/h3-16,18,24,29H,17H2,1-2H3,(H,30,33). The zero-order valence-electron chi connectivity index (χ0n) is 19.6. The Balaban J connectivity index is 1.47. The highest BCUT2D eigenvalue weighted by Crippen LogP contribution is 2.40. The number of nitrogens with zero attached hydrogens (tertiary/aromatic N) is 2. The number of aromatic amines is 1. The minimum absolute atomic E-state index is 0.177. The maximum atomic E-state index is 13.1. The Morgan fingerprint density at radius 2 is 1.77 bits per heavy atom. The number of nitrogens with one attached hydrogen (secondary N) is 2. The first-order valence-corrected chi connectivity index (χ1v) is 11.3. The van der Waals surface area contributed by atoms with Crippen LogP contribution in [0.5, 0.6) is 11.5 Å². The summed E-state index contributed by atoms with van der Waals surface area (Å²) in [5, 5.41) is 8.54. The third-order valence-electron chi connectivity index (χ3n) is 6.14. The van der Waals surface area contributed by atoms with Gasteiger partial charge in [-0.05, 0) is 29.8 Å². The molecular formula is C28H26N4O3. The van der Waals surface area contributed by atoms with Crippen LogP contribution in [0.15, 0.2) is 91.4 Å². The molecule has 7 heteroatoms. The van der Waals surface area contributed by atoms with Gasteiger partial charge in [0.25, 0.3) is 5.91 Å². The van der Waals surface area contributed by atoms with Gasteiger partial charge in [0, 0.05) is 41.3 Å². The summed E-state index contributed by atoms with van der Waals surface area (Å²) < 4.78 is 13.0. The van der Waals surface area contributed by atoms with Crippen LogP contribution >= 0.6 is 0 Å². The second-order valence-electron chi connectivity index (χ2n) is 8.14. The normalized spacial score (nSPS) is 11.8. The Morgan fingerprint density at radius 1 is 0.971 bits per heavy atom. The largest absolute Gasteiger partial charge is 0.493 e. The van der Waals surface area contributed by atoms with Crippen LogP contribution in [-0.4, -0.2) is 41.4 Å². The van der Waals surface area contributed by atoms with Crippen LogP contribution in [0.2, 0.25) is 0 Å². The smallest absolute Gasteiger partial charge is 0.254 e. The molecule has 2 heterocycles. The van der Waals surface area contributed by atoms with Crippen molar-refractivity contribution in [1.82, 2.24) is 20.1 Å². The molecular weight excluding hydrogens is 440 g/mol. The van der Waals surface area contributed by atoms with Gasteiger partial charge in [-0.3, -0.25) is 4.79 Å². The Kier molecular flexibility index (Phi) is 6.22. The van der Waals surface area contributed by atoms with Crippen molar-refractivity contribution in [1.29, 1.82) is 0 Å². The Labute approximate surface area is 203 Å². The lowest BCUT2D eigenvalue weighted by atomic mass is 9.89. The van der Waals surface area contributed by atoms with Gasteiger partial charge in [-0.2, -0.15) is 5.10 Å². The van der Waals surface area contributed by atoms with Crippen LogP contribution in [0.1, 0.15) is 27.4 Å². The number of methoxy groups -OCH3 is 2. The summed E-state index contributed by atoms with van der Waals surface area (Å²) in [7, 11) is 3.25. The number of hydrogen-bond acceptors (Lipinski definition) is 4. The molecule has 0 spiro atoms. The van der Waals surface area contributed by atoms with Crippen molar-refractivity contribution in [3.8, 4) is 17.2 Å². The number of aromatic nitrogens is 3. The summed E-state index contributed by atoms with van der Waals surface area (Å²) in [5.74, 6) is 0.921. The highest BCUT2D eigenvalue weighted by molar-refractivity contribution is 5.94. The SMILES string of the molecule is COc1cccc(C(CNC(=O)c2cnn(-c3ccccc3)c2)c2c[nH]c3ccccc23)c1OC. The molecule has 2 aromatic heterocycles. The van der Waals surface area contributed by atoms with Crippen LogP contribution in [0.3, 0.4) is 0 Å². The molecule has 1 atom stereocenters. The van der Waals surface area contributed by atoms with Crippen LogP contribution in [0.25, 0.3) is 16.6 Å². The lowest BCUT2D eigenvalue weighted by Gasteiger charge is -2.22. The van der Waals surface area contributed by atoms with Gasteiger partial charge in [0.05, 0.1) is 31.7 Å². The molecule has 0 saturated heterocycles. The number of amides is 1. The second-order valence-corrected chi connectivity index (χ2v) is 8.14. The van der Waals surface area contributed by atoms with Crippen molar-refractivity contribution < 1.29 is 14.3 Å². The Morgan fingerprint density at radius 3 is 2.57 bits per heavy atom. The number of carbonyl (C=O) groups is 1. The van der Waals surface area contributed by atoms with E-state index in [0.717, 1.165) is 27.7 Å². The van der Waals surface area contributed by atoms with Crippen molar-refractivity contribution >= 4 is 16.8 Å². The monoisotopic (exact) mass is 466 g/mol. The number of carbonyl (C=O) groups excluding carboxylic acids is 1.